The molecule has 0 bridgehead atoms. The van der Waals surface area contributed by atoms with Gasteiger partial charge in [0.2, 0.25) is 0 Å². The van der Waals surface area contributed by atoms with Crippen LogP contribution in [0.15, 0.2) is 60.7 Å². The van der Waals surface area contributed by atoms with Crippen LogP contribution >= 0.6 is 0 Å². The van der Waals surface area contributed by atoms with Gasteiger partial charge in [0.1, 0.15) is 0 Å². The third kappa shape index (κ3) is 2.02. The van der Waals surface area contributed by atoms with Crippen LogP contribution in [0.3, 0.4) is 0 Å². The first-order valence-electron chi connectivity index (χ1n) is 8.41. The van der Waals surface area contributed by atoms with E-state index in [1.54, 1.807) is 5.06 Å². The molecule has 2 aromatic rings. The molecule has 2 nitrogen and oxygen atoms in total. The van der Waals surface area contributed by atoms with Crippen molar-refractivity contribution in [3.05, 3.63) is 71.8 Å². The van der Waals surface area contributed by atoms with Gasteiger partial charge in [0, 0.05) is 6.04 Å². The number of benzene rings is 2. The maximum Gasteiger partial charge on any atom is 0.0964 e. The predicted molar refractivity (Wildman–Crippen MR) is 87.7 cm³/mol. The molecule has 2 unspecified atom stereocenters. The highest BCUT2D eigenvalue weighted by Gasteiger charge is 2.53. The van der Waals surface area contributed by atoms with E-state index in [2.05, 4.69) is 48.5 Å². The minimum Gasteiger partial charge on any atom is -0.313 e. The molecule has 0 amide bonds. The van der Waals surface area contributed by atoms with Crippen molar-refractivity contribution in [2.45, 2.75) is 43.7 Å². The summed E-state index contributed by atoms with van der Waals surface area (Å²) in [6, 6.07) is 21.4. The molecule has 1 N–H and O–H groups in total. The highest BCUT2D eigenvalue weighted by Crippen LogP contribution is 2.52. The first-order chi connectivity index (χ1) is 10.8. The van der Waals surface area contributed by atoms with Crippen molar-refractivity contribution < 1.29 is 5.21 Å². The summed E-state index contributed by atoms with van der Waals surface area (Å²) in [4.78, 5) is 0. The van der Waals surface area contributed by atoms with Crippen molar-refractivity contribution >= 4 is 0 Å². The highest BCUT2D eigenvalue weighted by atomic mass is 16.5. The van der Waals surface area contributed by atoms with E-state index in [4.69, 9.17) is 0 Å². The van der Waals surface area contributed by atoms with Crippen LogP contribution < -0.4 is 0 Å². The van der Waals surface area contributed by atoms with E-state index in [0.29, 0.717) is 12.0 Å². The minimum absolute atomic E-state index is 0.300. The molecule has 2 atom stereocenters. The molecule has 1 heterocycles. The Hall–Kier alpha value is -1.64. The van der Waals surface area contributed by atoms with E-state index >= 15 is 0 Å². The number of hydrogen-bond donors (Lipinski definition) is 1. The number of rotatable bonds is 2. The van der Waals surface area contributed by atoms with Crippen LogP contribution in [0.1, 0.15) is 43.2 Å². The van der Waals surface area contributed by atoms with Gasteiger partial charge in [-0.05, 0) is 36.3 Å². The lowest BCUT2D eigenvalue weighted by atomic mass is 9.77. The topological polar surface area (TPSA) is 23.5 Å². The Balaban J connectivity index is 1.87. The summed E-state index contributed by atoms with van der Waals surface area (Å²) >= 11 is 0. The van der Waals surface area contributed by atoms with Gasteiger partial charge in [-0.25, -0.2) is 0 Å². The Morgan fingerprint density at radius 1 is 0.818 bits per heavy atom. The van der Waals surface area contributed by atoms with Crippen LogP contribution in [0, 0.1) is 5.92 Å². The second-order valence-electron chi connectivity index (χ2n) is 6.75. The summed E-state index contributed by atoms with van der Waals surface area (Å²) in [5.74, 6) is 0.596. The van der Waals surface area contributed by atoms with Crippen LogP contribution in [0.25, 0.3) is 0 Å². The average molecular weight is 293 g/mol. The van der Waals surface area contributed by atoms with Crippen molar-refractivity contribution in [1.29, 1.82) is 0 Å². The molecule has 1 saturated carbocycles. The lowest BCUT2D eigenvalue weighted by molar-refractivity contribution is -0.172. The van der Waals surface area contributed by atoms with Gasteiger partial charge in [-0.1, -0.05) is 73.5 Å². The Morgan fingerprint density at radius 3 is 1.91 bits per heavy atom. The van der Waals surface area contributed by atoms with E-state index in [0.717, 1.165) is 12.8 Å². The van der Waals surface area contributed by atoms with E-state index in [-0.39, 0.29) is 5.54 Å². The monoisotopic (exact) mass is 293 g/mol. The zero-order chi connectivity index (χ0) is 15.0. The third-order valence-electron chi connectivity index (χ3n) is 5.63. The smallest absolute Gasteiger partial charge is 0.0964 e. The van der Waals surface area contributed by atoms with Gasteiger partial charge in [-0.2, -0.15) is 5.06 Å². The van der Waals surface area contributed by atoms with Gasteiger partial charge in [-0.3, -0.25) is 0 Å². The molecule has 0 radical (unpaired) electrons. The average Bonchev–Trinajstić information content (AvgIpc) is 2.91. The summed E-state index contributed by atoms with van der Waals surface area (Å²) in [7, 11) is 0. The fourth-order valence-electron chi connectivity index (χ4n) is 4.60. The highest BCUT2D eigenvalue weighted by molar-refractivity contribution is 5.40. The van der Waals surface area contributed by atoms with Gasteiger partial charge in [0.25, 0.3) is 0 Å². The molecule has 1 saturated heterocycles. The number of hydrogen-bond acceptors (Lipinski definition) is 2. The zero-order valence-electron chi connectivity index (χ0n) is 12.9. The Kier molecular flexibility index (Phi) is 3.51. The molecule has 22 heavy (non-hydrogen) atoms. The van der Waals surface area contributed by atoms with E-state index < -0.39 is 0 Å². The molecular weight excluding hydrogens is 270 g/mol. The van der Waals surface area contributed by atoms with Crippen molar-refractivity contribution in [2.24, 2.45) is 5.92 Å². The van der Waals surface area contributed by atoms with Crippen molar-refractivity contribution in [1.82, 2.24) is 5.06 Å². The standard InChI is InChI=1S/C20H23NO/c22-21-19-14-8-7-9-16(19)15-20(21,17-10-3-1-4-11-17)18-12-5-2-6-13-18/h1-6,10-13,16,19,22H,7-9,14-15H2. The summed E-state index contributed by atoms with van der Waals surface area (Å²) in [5, 5.41) is 12.9. The Labute approximate surface area is 132 Å². The van der Waals surface area contributed by atoms with Gasteiger partial charge >= 0.3 is 0 Å². The molecule has 2 aromatic carbocycles. The number of hydroxylamine groups is 2. The lowest BCUT2D eigenvalue weighted by Crippen LogP contribution is -2.44. The van der Waals surface area contributed by atoms with E-state index in [1.165, 1.54) is 30.4 Å². The molecular formula is C20H23NO. The molecule has 2 aliphatic rings. The van der Waals surface area contributed by atoms with Crippen molar-refractivity contribution in [3.8, 4) is 0 Å². The van der Waals surface area contributed by atoms with E-state index in [9.17, 15) is 5.21 Å². The first kappa shape index (κ1) is 14.0. The molecule has 1 aliphatic heterocycles. The quantitative estimate of drug-likeness (QED) is 0.875. The largest absolute Gasteiger partial charge is 0.313 e. The molecule has 0 aromatic heterocycles. The fourth-order valence-corrected chi connectivity index (χ4v) is 4.60. The van der Waals surface area contributed by atoms with E-state index in [1.807, 2.05) is 12.1 Å². The van der Waals surface area contributed by atoms with Crippen LogP contribution in [-0.2, 0) is 5.54 Å². The van der Waals surface area contributed by atoms with Gasteiger partial charge in [0.05, 0.1) is 5.54 Å². The Morgan fingerprint density at radius 2 is 1.36 bits per heavy atom. The zero-order valence-corrected chi connectivity index (χ0v) is 12.9. The second kappa shape index (κ2) is 5.53. The fraction of sp³-hybridized carbons (Fsp3) is 0.400. The van der Waals surface area contributed by atoms with Crippen LogP contribution in [0.5, 0.6) is 0 Å². The second-order valence-corrected chi connectivity index (χ2v) is 6.75. The molecule has 114 valence electrons. The molecule has 2 fully saturated rings. The normalized spacial score (nSPS) is 27.5. The lowest BCUT2D eigenvalue weighted by Gasteiger charge is -2.38. The van der Waals surface area contributed by atoms with Gasteiger partial charge in [0.15, 0.2) is 0 Å². The molecule has 0 spiro atoms. The molecule has 1 aliphatic carbocycles. The summed E-state index contributed by atoms with van der Waals surface area (Å²) in [6.45, 7) is 0. The first-order valence-corrected chi connectivity index (χ1v) is 8.41. The van der Waals surface area contributed by atoms with Crippen molar-refractivity contribution in [2.75, 3.05) is 0 Å². The van der Waals surface area contributed by atoms with Gasteiger partial charge in [-0.15, -0.1) is 0 Å². The molecule has 4 rings (SSSR count). The maximum absolute atomic E-state index is 11.2. The van der Waals surface area contributed by atoms with Crippen LogP contribution in [-0.4, -0.2) is 16.3 Å². The SMILES string of the molecule is ON1C2CCCCC2CC1(c1ccccc1)c1ccccc1. The Bertz CT molecular complexity index is 585. The number of nitrogens with zero attached hydrogens (tertiary/aromatic N) is 1. The summed E-state index contributed by atoms with van der Waals surface area (Å²) < 4.78 is 0. The summed E-state index contributed by atoms with van der Waals surface area (Å²) in [5.41, 5.74) is 2.03. The van der Waals surface area contributed by atoms with Crippen LogP contribution in [0.2, 0.25) is 0 Å². The predicted octanol–water partition coefficient (Wildman–Crippen LogP) is 4.58. The molecule has 2 heteroatoms. The van der Waals surface area contributed by atoms with Crippen molar-refractivity contribution in [3.63, 3.8) is 0 Å². The minimum atomic E-state index is -0.387. The third-order valence-corrected chi connectivity index (χ3v) is 5.63. The number of fused-ring (bicyclic) bond motifs is 1. The maximum atomic E-state index is 11.2. The van der Waals surface area contributed by atoms with Crippen LogP contribution in [0.4, 0.5) is 0 Å². The summed E-state index contributed by atoms with van der Waals surface area (Å²) in [6.07, 6.45) is 5.90. The van der Waals surface area contributed by atoms with Gasteiger partial charge < -0.3 is 5.21 Å².